The molecule has 0 unspecified atom stereocenters. The predicted octanol–water partition coefficient (Wildman–Crippen LogP) is 3.04. The fourth-order valence-electron chi connectivity index (χ4n) is 2.76. The number of benzene rings is 1. The minimum Gasteiger partial charge on any atom is -0.466 e. The van der Waals surface area contributed by atoms with Crippen LogP contribution in [0, 0.1) is 3.95 Å². The monoisotopic (exact) mass is 440 g/mol. The second-order valence-corrected chi connectivity index (χ2v) is 10.1. The molecule has 3 rings (SSSR count). The van der Waals surface area contributed by atoms with Crippen LogP contribution in [0.5, 0.6) is 5.19 Å². The van der Waals surface area contributed by atoms with Crippen LogP contribution in [0.1, 0.15) is 19.4 Å². The summed E-state index contributed by atoms with van der Waals surface area (Å²) in [5, 5.41) is 6.24. The van der Waals surface area contributed by atoms with Crippen LogP contribution in [0.4, 0.5) is 0 Å². The number of piperazine rings is 1. The molecule has 152 valence electrons. The van der Waals surface area contributed by atoms with Crippen molar-refractivity contribution in [3.05, 3.63) is 45.3 Å². The van der Waals surface area contributed by atoms with E-state index >= 15 is 0 Å². The lowest BCUT2D eigenvalue weighted by Crippen LogP contribution is -2.48. The average molecular weight is 441 g/mol. The quantitative estimate of drug-likeness (QED) is 0.617. The Morgan fingerprint density at radius 2 is 1.89 bits per heavy atom. The Morgan fingerprint density at radius 3 is 2.54 bits per heavy atom. The lowest BCUT2D eigenvalue weighted by molar-refractivity contribution is 0.143. The number of sulfonamides is 1. The topological polar surface area (TPSA) is 67.7 Å². The number of nitrogens with zero attached hydrogens (tertiary/aromatic N) is 4. The summed E-state index contributed by atoms with van der Waals surface area (Å²) in [7, 11) is -3.43. The Hall–Kier alpha value is -1.59. The van der Waals surface area contributed by atoms with Crippen LogP contribution in [0.25, 0.3) is 6.08 Å². The van der Waals surface area contributed by atoms with E-state index in [1.54, 1.807) is 10.8 Å². The van der Waals surface area contributed by atoms with Gasteiger partial charge in [0.25, 0.3) is 5.19 Å². The summed E-state index contributed by atoms with van der Waals surface area (Å²) in [6.07, 6.45) is 1.68. The SMILES string of the molecule is CC(C)Oc1nn(CN2CCN(S(=O)(=O)C=Cc3ccccc3)CC2)c(=S)s1. The van der Waals surface area contributed by atoms with Gasteiger partial charge in [-0.25, -0.2) is 13.1 Å². The van der Waals surface area contributed by atoms with Crippen LogP contribution in [0.15, 0.2) is 35.7 Å². The van der Waals surface area contributed by atoms with E-state index < -0.39 is 10.0 Å². The summed E-state index contributed by atoms with van der Waals surface area (Å²) < 4.78 is 34.6. The van der Waals surface area contributed by atoms with Gasteiger partial charge in [-0.05, 0) is 49.0 Å². The van der Waals surface area contributed by atoms with Crippen molar-refractivity contribution < 1.29 is 13.2 Å². The fraction of sp³-hybridized carbons (Fsp3) is 0.444. The first kappa shape index (κ1) is 21.1. The molecule has 1 aliphatic heterocycles. The van der Waals surface area contributed by atoms with Crippen molar-refractivity contribution in [3.8, 4) is 5.19 Å². The Bertz CT molecular complexity index is 959. The molecular weight excluding hydrogens is 416 g/mol. The molecule has 10 heteroatoms. The van der Waals surface area contributed by atoms with Crippen LogP contribution < -0.4 is 4.74 Å². The molecule has 1 aromatic carbocycles. The summed E-state index contributed by atoms with van der Waals surface area (Å²) in [5.74, 6) is 0. The highest BCUT2D eigenvalue weighted by Crippen LogP contribution is 2.19. The van der Waals surface area contributed by atoms with Crippen LogP contribution in [-0.2, 0) is 16.7 Å². The second-order valence-electron chi connectivity index (χ2n) is 6.72. The van der Waals surface area contributed by atoms with Crippen LogP contribution in [0.3, 0.4) is 0 Å². The molecule has 1 saturated heterocycles. The Balaban J connectivity index is 1.56. The number of hydrogen-bond donors (Lipinski definition) is 0. The zero-order valence-corrected chi connectivity index (χ0v) is 18.3. The molecule has 0 aliphatic carbocycles. The van der Waals surface area contributed by atoms with E-state index in [9.17, 15) is 8.42 Å². The Kier molecular flexibility index (Phi) is 7.00. The normalized spacial score (nSPS) is 16.8. The summed E-state index contributed by atoms with van der Waals surface area (Å²) in [6.45, 7) is 6.55. The highest BCUT2D eigenvalue weighted by Gasteiger charge is 2.25. The van der Waals surface area contributed by atoms with E-state index in [-0.39, 0.29) is 6.10 Å². The average Bonchev–Trinajstić information content (AvgIpc) is 2.99. The van der Waals surface area contributed by atoms with Gasteiger partial charge in [-0.1, -0.05) is 30.3 Å². The fourth-order valence-corrected chi connectivity index (χ4v) is 4.97. The van der Waals surface area contributed by atoms with E-state index in [0.717, 1.165) is 5.56 Å². The van der Waals surface area contributed by atoms with Gasteiger partial charge in [0, 0.05) is 31.6 Å². The standard InChI is InChI=1S/C18H24N4O3S3/c1-15(2)25-17-19-22(18(26)27-17)14-20-9-11-21(12-10-20)28(23,24)13-8-16-6-4-3-5-7-16/h3-8,13,15H,9-12,14H2,1-2H3. The van der Waals surface area contributed by atoms with Crippen LogP contribution in [0.2, 0.25) is 0 Å². The minimum atomic E-state index is -3.43. The van der Waals surface area contributed by atoms with Gasteiger partial charge in [0.05, 0.1) is 12.8 Å². The molecule has 1 aromatic heterocycles. The highest BCUT2D eigenvalue weighted by molar-refractivity contribution is 7.92. The zero-order valence-electron chi connectivity index (χ0n) is 15.9. The van der Waals surface area contributed by atoms with E-state index in [1.807, 2.05) is 44.2 Å². The van der Waals surface area contributed by atoms with Gasteiger partial charge < -0.3 is 4.74 Å². The van der Waals surface area contributed by atoms with Gasteiger partial charge in [-0.3, -0.25) is 4.90 Å². The molecule has 0 spiro atoms. The molecule has 0 N–H and O–H groups in total. The van der Waals surface area contributed by atoms with Crippen molar-refractivity contribution in [1.29, 1.82) is 0 Å². The molecule has 0 saturated carbocycles. The first-order valence-electron chi connectivity index (χ1n) is 9.04. The van der Waals surface area contributed by atoms with E-state index in [2.05, 4.69) is 10.00 Å². The highest BCUT2D eigenvalue weighted by atomic mass is 32.2. The van der Waals surface area contributed by atoms with Gasteiger partial charge in [-0.2, -0.15) is 4.31 Å². The van der Waals surface area contributed by atoms with E-state index in [0.29, 0.717) is 42.0 Å². The molecule has 0 radical (unpaired) electrons. The lowest BCUT2D eigenvalue weighted by Gasteiger charge is -2.32. The van der Waals surface area contributed by atoms with Gasteiger partial charge in [0.2, 0.25) is 10.0 Å². The number of aromatic nitrogens is 2. The molecular formula is C18H24N4O3S3. The number of ether oxygens (including phenoxy) is 1. The summed E-state index contributed by atoms with van der Waals surface area (Å²) in [4.78, 5) is 2.14. The van der Waals surface area contributed by atoms with Gasteiger partial charge >= 0.3 is 0 Å². The summed E-state index contributed by atoms with van der Waals surface area (Å²) in [5.41, 5.74) is 0.863. The molecule has 0 bridgehead atoms. The first-order chi connectivity index (χ1) is 13.3. The number of rotatable bonds is 7. The first-order valence-corrected chi connectivity index (χ1v) is 11.8. The van der Waals surface area contributed by atoms with Crippen molar-refractivity contribution >= 4 is 39.7 Å². The van der Waals surface area contributed by atoms with Crippen molar-refractivity contribution in [3.63, 3.8) is 0 Å². The molecule has 1 fully saturated rings. The van der Waals surface area contributed by atoms with Gasteiger partial charge in [-0.15, -0.1) is 5.10 Å². The zero-order chi connectivity index (χ0) is 20.1. The largest absolute Gasteiger partial charge is 0.466 e. The third-order valence-electron chi connectivity index (χ3n) is 4.18. The Morgan fingerprint density at radius 1 is 1.21 bits per heavy atom. The third kappa shape index (κ3) is 5.71. The minimum absolute atomic E-state index is 0.0479. The Labute approximate surface area is 174 Å². The molecule has 7 nitrogen and oxygen atoms in total. The molecule has 2 aromatic rings. The third-order valence-corrected chi connectivity index (χ3v) is 6.94. The maximum absolute atomic E-state index is 12.6. The molecule has 2 heterocycles. The predicted molar refractivity (Wildman–Crippen MR) is 114 cm³/mol. The summed E-state index contributed by atoms with van der Waals surface area (Å²) >= 11 is 6.70. The van der Waals surface area contributed by atoms with Crippen molar-refractivity contribution in [2.75, 3.05) is 26.2 Å². The van der Waals surface area contributed by atoms with Gasteiger partial charge in [0.1, 0.15) is 0 Å². The van der Waals surface area contributed by atoms with Crippen molar-refractivity contribution in [2.45, 2.75) is 26.6 Å². The number of hydrogen-bond acceptors (Lipinski definition) is 7. The lowest BCUT2D eigenvalue weighted by atomic mass is 10.2. The molecule has 0 atom stereocenters. The molecule has 28 heavy (non-hydrogen) atoms. The smallest absolute Gasteiger partial charge is 0.293 e. The molecule has 0 amide bonds. The second kappa shape index (κ2) is 9.27. The summed E-state index contributed by atoms with van der Waals surface area (Å²) in [6, 6.07) is 9.41. The van der Waals surface area contributed by atoms with Crippen LogP contribution >= 0.6 is 23.6 Å². The molecule has 1 aliphatic rings. The van der Waals surface area contributed by atoms with Crippen LogP contribution in [-0.4, -0.2) is 59.7 Å². The van der Waals surface area contributed by atoms with Crippen molar-refractivity contribution in [2.24, 2.45) is 0 Å². The maximum Gasteiger partial charge on any atom is 0.293 e. The maximum atomic E-state index is 12.6. The van der Waals surface area contributed by atoms with E-state index in [1.165, 1.54) is 21.1 Å². The van der Waals surface area contributed by atoms with Crippen molar-refractivity contribution in [1.82, 2.24) is 19.0 Å². The van der Waals surface area contributed by atoms with E-state index in [4.69, 9.17) is 17.0 Å². The van der Waals surface area contributed by atoms with Gasteiger partial charge in [0.15, 0.2) is 3.95 Å².